The summed E-state index contributed by atoms with van der Waals surface area (Å²) in [7, 11) is 0. The zero-order chi connectivity index (χ0) is 10.8. The SMILES string of the molecule is [W].c1ccc(Oc2ccc3sccc3c2)cc1. The van der Waals surface area contributed by atoms with Crippen molar-refractivity contribution in [2.45, 2.75) is 0 Å². The van der Waals surface area contributed by atoms with Crippen LogP contribution in [0.1, 0.15) is 0 Å². The van der Waals surface area contributed by atoms with Gasteiger partial charge in [-0.25, -0.2) is 0 Å². The van der Waals surface area contributed by atoms with Crippen LogP contribution in [0.4, 0.5) is 0 Å². The number of rotatable bonds is 2. The minimum Gasteiger partial charge on any atom is -0.457 e. The van der Waals surface area contributed by atoms with Crippen molar-refractivity contribution in [1.29, 1.82) is 0 Å². The average molecular weight is 410 g/mol. The summed E-state index contributed by atoms with van der Waals surface area (Å²) < 4.78 is 7.05. The summed E-state index contributed by atoms with van der Waals surface area (Å²) in [6.07, 6.45) is 0. The van der Waals surface area contributed by atoms with Crippen molar-refractivity contribution in [2.75, 3.05) is 0 Å². The van der Waals surface area contributed by atoms with Gasteiger partial charge in [-0.05, 0) is 47.2 Å². The Morgan fingerprint density at radius 3 is 2.47 bits per heavy atom. The standard InChI is InChI=1S/C14H10OS.W/c1-2-4-12(5-3-1)15-13-6-7-14-11(10-13)8-9-16-14;/h1-10H;. The maximum atomic E-state index is 5.76. The first-order valence-electron chi connectivity index (χ1n) is 5.12. The number of thiophene rings is 1. The molecule has 0 N–H and O–H groups in total. The van der Waals surface area contributed by atoms with Crippen LogP contribution in [0.15, 0.2) is 60.0 Å². The molecule has 0 radical (unpaired) electrons. The first-order chi connectivity index (χ1) is 7.92. The summed E-state index contributed by atoms with van der Waals surface area (Å²) >= 11 is 1.75. The molecule has 0 unspecified atom stereocenters. The van der Waals surface area contributed by atoms with Crippen LogP contribution >= 0.6 is 11.3 Å². The summed E-state index contributed by atoms with van der Waals surface area (Å²) in [6, 6.07) is 18.1. The molecule has 0 aliphatic rings. The van der Waals surface area contributed by atoms with Crippen molar-refractivity contribution in [3.63, 3.8) is 0 Å². The molecule has 3 rings (SSSR count). The molecule has 0 bridgehead atoms. The fourth-order valence-corrected chi connectivity index (χ4v) is 2.40. The second-order valence-corrected chi connectivity index (χ2v) is 4.48. The molecule has 1 aromatic heterocycles. The van der Waals surface area contributed by atoms with Crippen molar-refractivity contribution in [2.24, 2.45) is 0 Å². The summed E-state index contributed by atoms with van der Waals surface area (Å²) in [4.78, 5) is 0. The molecule has 3 aromatic rings. The molecule has 0 aliphatic heterocycles. The Bertz CT molecular complexity index is 604. The minimum absolute atomic E-state index is 0. The zero-order valence-corrected chi connectivity index (χ0v) is 12.7. The maximum absolute atomic E-state index is 5.76. The zero-order valence-electron chi connectivity index (χ0n) is 9.00. The van der Waals surface area contributed by atoms with E-state index < -0.39 is 0 Å². The molecule has 84 valence electrons. The molecule has 2 aromatic carbocycles. The smallest absolute Gasteiger partial charge is 0.128 e. The van der Waals surface area contributed by atoms with Crippen LogP contribution < -0.4 is 4.74 Å². The van der Waals surface area contributed by atoms with Crippen LogP contribution in [-0.4, -0.2) is 0 Å². The summed E-state index contributed by atoms with van der Waals surface area (Å²) in [5.41, 5.74) is 0. The van der Waals surface area contributed by atoms with Gasteiger partial charge < -0.3 is 4.74 Å². The quantitative estimate of drug-likeness (QED) is 0.596. The van der Waals surface area contributed by atoms with Crippen molar-refractivity contribution in [3.8, 4) is 11.5 Å². The van der Waals surface area contributed by atoms with E-state index in [1.165, 1.54) is 10.1 Å². The predicted molar refractivity (Wildman–Crippen MR) is 68.3 cm³/mol. The molecule has 0 atom stereocenters. The first kappa shape index (κ1) is 12.3. The van der Waals surface area contributed by atoms with E-state index >= 15 is 0 Å². The first-order valence-corrected chi connectivity index (χ1v) is 6.00. The van der Waals surface area contributed by atoms with E-state index in [4.69, 9.17) is 4.74 Å². The normalized spacial score (nSPS) is 9.88. The van der Waals surface area contributed by atoms with Crippen molar-refractivity contribution < 1.29 is 25.8 Å². The number of fused-ring (bicyclic) bond motifs is 1. The van der Waals surface area contributed by atoms with Gasteiger partial charge in [0.05, 0.1) is 0 Å². The monoisotopic (exact) mass is 410 g/mol. The van der Waals surface area contributed by atoms with Gasteiger partial charge in [0.25, 0.3) is 0 Å². The van der Waals surface area contributed by atoms with E-state index in [2.05, 4.69) is 23.6 Å². The molecule has 0 saturated carbocycles. The van der Waals surface area contributed by atoms with Gasteiger partial charge in [0.15, 0.2) is 0 Å². The third-order valence-corrected chi connectivity index (χ3v) is 3.30. The average Bonchev–Trinajstić information content (AvgIpc) is 2.77. The molecular formula is C14H10OSW. The Hall–Kier alpha value is -1.11. The number of ether oxygens (including phenoxy) is 1. The second-order valence-electron chi connectivity index (χ2n) is 3.54. The predicted octanol–water partition coefficient (Wildman–Crippen LogP) is 4.69. The van der Waals surface area contributed by atoms with Crippen LogP contribution in [0.2, 0.25) is 0 Å². The van der Waals surface area contributed by atoms with Gasteiger partial charge in [-0.2, -0.15) is 0 Å². The summed E-state index contributed by atoms with van der Waals surface area (Å²) in [5.74, 6) is 1.76. The number of para-hydroxylation sites is 1. The van der Waals surface area contributed by atoms with Crippen molar-refractivity contribution in [1.82, 2.24) is 0 Å². The van der Waals surface area contributed by atoms with Crippen LogP contribution in [0, 0.1) is 0 Å². The minimum atomic E-state index is 0. The molecule has 0 fully saturated rings. The van der Waals surface area contributed by atoms with Crippen molar-refractivity contribution >= 4 is 21.4 Å². The summed E-state index contributed by atoms with van der Waals surface area (Å²) in [5, 5.41) is 3.33. The Morgan fingerprint density at radius 1 is 0.824 bits per heavy atom. The maximum Gasteiger partial charge on any atom is 0.128 e. The summed E-state index contributed by atoms with van der Waals surface area (Å²) in [6.45, 7) is 0. The molecule has 1 nitrogen and oxygen atoms in total. The molecule has 3 heteroatoms. The number of hydrogen-bond donors (Lipinski definition) is 0. The van der Waals surface area contributed by atoms with Gasteiger partial charge in [-0.15, -0.1) is 11.3 Å². The third-order valence-electron chi connectivity index (χ3n) is 2.40. The number of hydrogen-bond acceptors (Lipinski definition) is 2. The molecule has 0 spiro atoms. The Labute approximate surface area is 118 Å². The van der Waals surface area contributed by atoms with Gasteiger partial charge in [0, 0.05) is 25.8 Å². The number of benzene rings is 2. The third kappa shape index (κ3) is 2.77. The largest absolute Gasteiger partial charge is 0.457 e. The van der Waals surface area contributed by atoms with E-state index in [0.29, 0.717) is 0 Å². The van der Waals surface area contributed by atoms with E-state index in [9.17, 15) is 0 Å². The molecular weight excluding hydrogens is 400 g/mol. The van der Waals surface area contributed by atoms with Crippen LogP contribution in [0.5, 0.6) is 11.5 Å². The van der Waals surface area contributed by atoms with Gasteiger partial charge in [0.1, 0.15) is 11.5 Å². The molecule has 1 heterocycles. The van der Waals surface area contributed by atoms with E-state index in [-0.39, 0.29) is 21.1 Å². The van der Waals surface area contributed by atoms with Gasteiger partial charge in [-0.1, -0.05) is 18.2 Å². The molecule has 0 amide bonds. The van der Waals surface area contributed by atoms with Crippen LogP contribution in [-0.2, 0) is 21.1 Å². The van der Waals surface area contributed by atoms with Gasteiger partial charge in [-0.3, -0.25) is 0 Å². The Kier molecular flexibility index (Phi) is 3.98. The van der Waals surface area contributed by atoms with E-state index in [0.717, 1.165) is 11.5 Å². The van der Waals surface area contributed by atoms with Crippen molar-refractivity contribution in [3.05, 3.63) is 60.0 Å². The Balaban J connectivity index is 0.00000108. The van der Waals surface area contributed by atoms with Gasteiger partial charge >= 0.3 is 0 Å². The molecule has 17 heavy (non-hydrogen) atoms. The molecule has 0 aliphatic carbocycles. The Morgan fingerprint density at radius 2 is 1.65 bits per heavy atom. The molecule has 0 saturated heterocycles. The fraction of sp³-hybridized carbons (Fsp3) is 0. The second kappa shape index (κ2) is 5.48. The van der Waals surface area contributed by atoms with Gasteiger partial charge in [0.2, 0.25) is 0 Å². The van der Waals surface area contributed by atoms with Crippen LogP contribution in [0.3, 0.4) is 0 Å². The topological polar surface area (TPSA) is 9.23 Å². The fourth-order valence-electron chi connectivity index (χ4n) is 1.63. The van der Waals surface area contributed by atoms with E-state index in [1.807, 2.05) is 36.4 Å². The van der Waals surface area contributed by atoms with Crippen LogP contribution in [0.25, 0.3) is 10.1 Å². The van der Waals surface area contributed by atoms with E-state index in [1.54, 1.807) is 11.3 Å².